The highest BCUT2D eigenvalue weighted by Gasteiger charge is 2.56. The van der Waals surface area contributed by atoms with E-state index < -0.39 is 23.7 Å². The van der Waals surface area contributed by atoms with Crippen molar-refractivity contribution in [1.82, 2.24) is 4.90 Å². The standard InChI is InChI=1S/C30H31NO7/c1-15-12-17(7-10-22(15)32)25-18-8-9-19-26(20(18)14-21-23(33)13-16(2)28(36)27(21)25)30(38)31(29(19)37)11-5-3-4-6-24(34)35/h7-8,10,12-13,19-20,25-26,32H,3-6,9,11,14H2,1-2H3,(H,34,35). The second-order valence-corrected chi connectivity index (χ2v) is 10.8. The lowest BCUT2D eigenvalue weighted by Crippen LogP contribution is -2.39. The fraction of sp³-hybridized carbons (Fsp3) is 0.433. The second-order valence-electron chi connectivity index (χ2n) is 10.8. The molecule has 1 fully saturated rings. The molecule has 0 radical (unpaired) electrons. The lowest BCUT2D eigenvalue weighted by molar-refractivity contribution is -0.141. The summed E-state index contributed by atoms with van der Waals surface area (Å²) < 4.78 is 0. The van der Waals surface area contributed by atoms with Crippen LogP contribution in [-0.4, -0.2) is 51.0 Å². The molecule has 1 saturated heterocycles. The lowest BCUT2D eigenvalue weighted by atomic mass is 9.59. The summed E-state index contributed by atoms with van der Waals surface area (Å²) in [4.78, 5) is 65.6. The number of fused-ring (bicyclic) bond motifs is 3. The van der Waals surface area contributed by atoms with Gasteiger partial charge in [0.05, 0.1) is 11.8 Å². The Bertz CT molecular complexity index is 1360. The zero-order chi connectivity index (χ0) is 27.3. The highest BCUT2D eigenvalue weighted by Crippen LogP contribution is 2.55. The first kappa shape index (κ1) is 25.8. The number of allylic oxidation sites excluding steroid dienone is 6. The number of carbonyl (C=O) groups excluding carboxylic acids is 4. The quantitative estimate of drug-likeness (QED) is 0.244. The summed E-state index contributed by atoms with van der Waals surface area (Å²) in [5, 5.41) is 19.0. The third-order valence-corrected chi connectivity index (χ3v) is 8.48. The minimum absolute atomic E-state index is 0.0543. The number of phenols is 1. The van der Waals surface area contributed by atoms with E-state index in [-0.39, 0.29) is 54.4 Å². The average molecular weight is 518 g/mol. The van der Waals surface area contributed by atoms with E-state index in [1.165, 1.54) is 11.0 Å². The Morgan fingerprint density at radius 2 is 1.79 bits per heavy atom. The van der Waals surface area contributed by atoms with Gasteiger partial charge < -0.3 is 10.2 Å². The third-order valence-electron chi connectivity index (χ3n) is 8.48. The molecule has 2 amide bonds. The lowest BCUT2D eigenvalue weighted by Gasteiger charge is -2.42. The minimum atomic E-state index is -0.868. The van der Waals surface area contributed by atoms with Gasteiger partial charge in [0.25, 0.3) is 0 Å². The molecule has 4 atom stereocenters. The fourth-order valence-corrected chi connectivity index (χ4v) is 6.61. The van der Waals surface area contributed by atoms with Crippen LogP contribution < -0.4 is 0 Å². The van der Waals surface area contributed by atoms with E-state index in [1.54, 1.807) is 26.0 Å². The SMILES string of the molecule is CC1=CC(=O)C2=C(C1=O)C(c1ccc(O)c(C)c1)C1=CCC3C(=O)N(CCCCCC(=O)O)C(=O)C3C1C2. The van der Waals surface area contributed by atoms with Gasteiger partial charge in [0.1, 0.15) is 5.75 Å². The van der Waals surface area contributed by atoms with Crippen molar-refractivity contribution in [1.29, 1.82) is 0 Å². The molecular formula is C30H31NO7. The van der Waals surface area contributed by atoms with Crippen molar-refractivity contribution in [3.8, 4) is 5.75 Å². The number of imide groups is 1. The first-order valence-electron chi connectivity index (χ1n) is 13.2. The normalized spacial score (nSPS) is 26.6. The van der Waals surface area contributed by atoms with E-state index in [0.717, 1.165) is 11.1 Å². The van der Waals surface area contributed by atoms with E-state index in [9.17, 15) is 29.1 Å². The van der Waals surface area contributed by atoms with Gasteiger partial charge in [-0.1, -0.05) is 30.2 Å². The van der Waals surface area contributed by atoms with Gasteiger partial charge >= 0.3 is 5.97 Å². The van der Waals surface area contributed by atoms with Gasteiger partial charge in [-0.05, 0) is 68.7 Å². The molecule has 0 spiro atoms. The molecule has 8 nitrogen and oxygen atoms in total. The molecule has 2 N–H and O–H groups in total. The molecule has 38 heavy (non-hydrogen) atoms. The van der Waals surface area contributed by atoms with Gasteiger partial charge in [-0.15, -0.1) is 0 Å². The summed E-state index contributed by atoms with van der Waals surface area (Å²) >= 11 is 0. The zero-order valence-corrected chi connectivity index (χ0v) is 21.5. The summed E-state index contributed by atoms with van der Waals surface area (Å²) in [5.41, 5.74) is 3.52. The van der Waals surface area contributed by atoms with Crippen LogP contribution in [0.4, 0.5) is 0 Å². The molecule has 0 aromatic heterocycles. The van der Waals surface area contributed by atoms with Crippen LogP contribution in [0.15, 0.2) is 52.6 Å². The number of ketones is 2. The van der Waals surface area contributed by atoms with Crippen LogP contribution >= 0.6 is 0 Å². The number of benzene rings is 1. The number of aromatic hydroxyl groups is 1. The van der Waals surface area contributed by atoms with Crippen molar-refractivity contribution in [2.45, 2.75) is 58.3 Å². The number of Topliss-reactive ketones (excluding diaryl/α,β-unsaturated/α-hetero) is 1. The summed E-state index contributed by atoms with van der Waals surface area (Å²) in [6, 6.07) is 5.15. The molecule has 0 saturated carbocycles. The number of carboxylic acid groups (broad SMARTS) is 1. The van der Waals surface area contributed by atoms with Crippen LogP contribution in [0.1, 0.15) is 62.5 Å². The maximum Gasteiger partial charge on any atom is 0.303 e. The monoisotopic (exact) mass is 517 g/mol. The van der Waals surface area contributed by atoms with E-state index >= 15 is 0 Å². The molecule has 0 bridgehead atoms. The van der Waals surface area contributed by atoms with Crippen LogP contribution in [0.3, 0.4) is 0 Å². The van der Waals surface area contributed by atoms with Crippen molar-refractivity contribution in [3.63, 3.8) is 0 Å². The summed E-state index contributed by atoms with van der Waals surface area (Å²) in [7, 11) is 0. The predicted octanol–water partition coefficient (Wildman–Crippen LogP) is 3.78. The van der Waals surface area contributed by atoms with Crippen LogP contribution in [0, 0.1) is 24.7 Å². The number of carboxylic acids is 1. The number of hydrogen-bond acceptors (Lipinski definition) is 6. The number of nitrogens with zero attached hydrogens (tertiary/aromatic N) is 1. The first-order chi connectivity index (χ1) is 18.1. The topological polar surface area (TPSA) is 129 Å². The summed E-state index contributed by atoms with van der Waals surface area (Å²) in [5.74, 6) is -3.65. The predicted molar refractivity (Wildman–Crippen MR) is 137 cm³/mol. The molecule has 8 heteroatoms. The number of rotatable bonds is 7. The first-order valence-corrected chi connectivity index (χ1v) is 13.2. The fourth-order valence-electron chi connectivity index (χ4n) is 6.61. The number of unbranched alkanes of at least 4 members (excludes halogenated alkanes) is 2. The number of hydrogen-bond donors (Lipinski definition) is 2. The largest absolute Gasteiger partial charge is 0.508 e. The Balaban J connectivity index is 1.50. The van der Waals surface area contributed by atoms with Crippen LogP contribution in [0.25, 0.3) is 0 Å². The van der Waals surface area contributed by atoms with Gasteiger partial charge in [-0.2, -0.15) is 0 Å². The van der Waals surface area contributed by atoms with Crippen molar-refractivity contribution in [2.24, 2.45) is 17.8 Å². The van der Waals surface area contributed by atoms with Gasteiger partial charge in [0.15, 0.2) is 11.6 Å². The Hall–Kier alpha value is -3.81. The molecule has 1 heterocycles. The Labute approximate surface area is 220 Å². The van der Waals surface area contributed by atoms with Crippen molar-refractivity contribution in [2.75, 3.05) is 6.54 Å². The second kappa shape index (κ2) is 9.82. The van der Waals surface area contributed by atoms with E-state index in [1.807, 2.05) is 12.1 Å². The number of phenolic OH excluding ortho intramolecular Hbond substituents is 1. The molecule has 1 aromatic rings. The van der Waals surface area contributed by atoms with E-state index in [4.69, 9.17) is 5.11 Å². The minimum Gasteiger partial charge on any atom is -0.508 e. The number of likely N-dealkylation sites (tertiary alicyclic amines) is 1. The summed E-state index contributed by atoms with van der Waals surface area (Å²) in [6.45, 7) is 3.65. The summed E-state index contributed by atoms with van der Waals surface area (Å²) in [6.07, 6.45) is 5.64. The molecule has 4 aliphatic rings. The van der Waals surface area contributed by atoms with Crippen LogP contribution in [0.2, 0.25) is 0 Å². The molecule has 198 valence electrons. The van der Waals surface area contributed by atoms with Gasteiger partial charge in [0.2, 0.25) is 11.8 Å². The average Bonchev–Trinajstić information content (AvgIpc) is 3.12. The molecule has 1 aromatic carbocycles. The Kier molecular flexibility index (Phi) is 6.67. The number of aryl methyl sites for hydroxylation is 1. The van der Waals surface area contributed by atoms with Crippen molar-refractivity contribution in [3.05, 3.63) is 63.8 Å². The van der Waals surface area contributed by atoms with Crippen molar-refractivity contribution >= 4 is 29.4 Å². The van der Waals surface area contributed by atoms with Crippen LogP contribution in [0.5, 0.6) is 5.75 Å². The smallest absolute Gasteiger partial charge is 0.303 e. The van der Waals surface area contributed by atoms with Gasteiger partial charge in [-0.25, -0.2) is 0 Å². The van der Waals surface area contributed by atoms with Crippen LogP contribution in [-0.2, 0) is 24.0 Å². The molecule has 5 rings (SSSR count). The Morgan fingerprint density at radius 1 is 1.03 bits per heavy atom. The number of carbonyl (C=O) groups is 5. The highest BCUT2D eigenvalue weighted by molar-refractivity contribution is 6.23. The molecule has 4 unspecified atom stereocenters. The number of amides is 2. The van der Waals surface area contributed by atoms with Crippen molar-refractivity contribution < 1.29 is 34.2 Å². The molecule has 1 aliphatic heterocycles. The highest BCUT2D eigenvalue weighted by atomic mass is 16.4. The molecular weight excluding hydrogens is 486 g/mol. The van der Waals surface area contributed by atoms with E-state index in [2.05, 4.69) is 0 Å². The maximum atomic E-state index is 13.6. The Morgan fingerprint density at radius 3 is 2.50 bits per heavy atom. The molecule has 3 aliphatic carbocycles. The number of aliphatic carboxylic acids is 1. The van der Waals surface area contributed by atoms with Gasteiger partial charge in [0, 0.05) is 35.6 Å². The zero-order valence-electron chi connectivity index (χ0n) is 21.5. The van der Waals surface area contributed by atoms with E-state index in [0.29, 0.717) is 48.0 Å². The third kappa shape index (κ3) is 4.22. The maximum absolute atomic E-state index is 13.6. The van der Waals surface area contributed by atoms with Gasteiger partial charge in [-0.3, -0.25) is 28.9 Å².